The van der Waals surface area contributed by atoms with Crippen molar-refractivity contribution >= 4 is 16.9 Å². The van der Waals surface area contributed by atoms with Gasteiger partial charge in [0.25, 0.3) is 0 Å². The van der Waals surface area contributed by atoms with Crippen molar-refractivity contribution in [1.82, 2.24) is 0 Å². The number of esters is 1. The number of aryl methyl sites for hydroxylation is 2. The molecular weight excluding hydrogens is 308 g/mol. The molecule has 0 saturated heterocycles. The predicted octanol–water partition coefficient (Wildman–Crippen LogP) is 3.09. The molecule has 5 nitrogen and oxygen atoms in total. The van der Waals surface area contributed by atoms with Crippen LogP contribution in [0.15, 0.2) is 34.0 Å². The van der Waals surface area contributed by atoms with E-state index in [1.165, 1.54) is 6.08 Å². The van der Waals surface area contributed by atoms with Crippen molar-refractivity contribution in [2.45, 2.75) is 32.6 Å². The van der Waals surface area contributed by atoms with Gasteiger partial charge in [-0.1, -0.05) is 12.7 Å². The lowest BCUT2D eigenvalue weighted by atomic mass is 9.90. The standard InChI is InChI=1S/C19H20O5/c1-3-8-22-17(20)11-23-15-9-12(2)10-16-18(15)13-6-4-5-7-14(13)19(21)24-16/h3,9-10H,1,4-8,11H2,2H3. The molecule has 0 N–H and O–H groups in total. The van der Waals surface area contributed by atoms with Gasteiger partial charge in [-0.3, -0.25) is 0 Å². The van der Waals surface area contributed by atoms with E-state index >= 15 is 0 Å². The third kappa shape index (κ3) is 3.20. The topological polar surface area (TPSA) is 65.7 Å². The molecule has 0 fully saturated rings. The number of rotatable bonds is 5. The lowest BCUT2D eigenvalue weighted by Crippen LogP contribution is -2.18. The molecule has 0 amide bonds. The molecule has 0 atom stereocenters. The largest absolute Gasteiger partial charge is 0.481 e. The number of hydrogen-bond donors (Lipinski definition) is 0. The van der Waals surface area contributed by atoms with Gasteiger partial charge in [-0.25, -0.2) is 9.59 Å². The van der Waals surface area contributed by atoms with Crippen molar-refractivity contribution in [3.8, 4) is 5.75 Å². The molecule has 1 aliphatic rings. The van der Waals surface area contributed by atoms with Crippen LogP contribution < -0.4 is 10.4 Å². The zero-order chi connectivity index (χ0) is 17.1. The molecule has 126 valence electrons. The number of ether oxygens (including phenoxy) is 2. The van der Waals surface area contributed by atoms with E-state index in [2.05, 4.69) is 6.58 Å². The van der Waals surface area contributed by atoms with Crippen molar-refractivity contribution in [2.75, 3.05) is 13.2 Å². The first kappa shape index (κ1) is 16.3. The minimum atomic E-state index is -0.462. The Bertz CT molecular complexity index is 847. The van der Waals surface area contributed by atoms with Crippen molar-refractivity contribution in [3.05, 3.63) is 51.9 Å². The lowest BCUT2D eigenvalue weighted by Gasteiger charge is -2.18. The van der Waals surface area contributed by atoms with E-state index in [9.17, 15) is 9.59 Å². The van der Waals surface area contributed by atoms with E-state index in [1.807, 2.05) is 19.1 Å². The lowest BCUT2D eigenvalue weighted by molar-refractivity contribution is -0.144. The molecule has 0 bridgehead atoms. The molecule has 1 aliphatic carbocycles. The van der Waals surface area contributed by atoms with Gasteiger partial charge < -0.3 is 13.9 Å². The van der Waals surface area contributed by atoms with Crippen LogP contribution in [-0.4, -0.2) is 19.2 Å². The first-order valence-corrected chi connectivity index (χ1v) is 8.08. The summed E-state index contributed by atoms with van der Waals surface area (Å²) >= 11 is 0. The van der Waals surface area contributed by atoms with Gasteiger partial charge in [0.15, 0.2) is 6.61 Å². The van der Waals surface area contributed by atoms with Gasteiger partial charge in [-0.05, 0) is 55.9 Å². The fraction of sp³-hybridized carbons (Fsp3) is 0.368. The molecule has 0 radical (unpaired) electrons. The molecule has 1 aromatic heterocycles. The zero-order valence-corrected chi connectivity index (χ0v) is 13.7. The number of fused-ring (bicyclic) bond motifs is 3. The molecule has 0 unspecified atom stereocenters. The summed E-state index contributed by atoms with van der Waals surface area (Å²) in [4.78, 5) is 23.9. The minimum Gasteiger partial charge on any atom is -0.481 e. The summed E-state index contributed by atoms with van der Waals surface area (Å²) in [6.07, 6.45) is 5.06. The molecule has 0 spiro atoms. The molecule has 0 aliphatic heterocycles. The van der Waals surface area contributed by atoms with Crippen LogP contribution in [0.2, 0.25) is 0 Å². The van der Waals surface area contributed by atoms with Crippen LogP contribution >= 0.6 is 0 Å². The van der Waals surface area contributed by atoms with Crippen LogP contribution in [0.3, 0.4) is 0 Å². The van der Waals surface area contributed by atoms with E-state index in [0.717, 1.165) is 47.8 Å². The normalized spacial score (nSPS) is 13.4. The van der Waals surface area contributed by atoms with Crippen molar-refractivity contribution < 1.29 is 18.7 Å². The van der Waals surface area contributed by atoms with Gasteiger partial charge >= 0.3 is 11.6 Å². The van der Waals surface area contributed by atoms with Gasteiger partial charge in [0.1, 0.15) is 17.9 Å². The fourth-order valence-electron chi connectivity index (χ4n) is 3.11. The van der Waals surface area contributed by atoms with Crippen LogP contribution in [0.25, 0.3) is 11.0 Å². The Hall–Kier alpha value is -2.56. The molecule has 3 rings (SSSR count). The third-order valence-electron chi connectivity index (χ3n) is 4.14. The number of benzene rings is 1. The summed E-state index contributed by atoms with van der Waals surface area (Å²) in [7, 11) is 0. The fourth-order valence-corrected chi connectivity index (χ4v) is 3.11. The highest BCUT2D eigenvalue weighted by molar-refractivity contribution is 5.89. The van der Waals surface area contributed by atoms with Crippen molar-refractivity contribution in [2.24, 2.45) is 0 Å². The molecule has 5 heteroatoms. The van der Waals surface area contributed by atoms with E-state index in [4.69, 9.17) is 13.9 Å². The molecule has 0 saturated carbocycles. The summed E-state index contributed by atoms with van der Waals surface area (Å²) in [5, 5.41) is 0.798. The molecule has 1 aromatic carbocycles. The highest BCUT2D eigenvalue weighted by atomic mass is 16.6. The van der Waals surface area contributed by atoms with E-state index in [-0.39, 0.29) is 18.8 Å². The molecule has 24 heavy (non-hydrogen) atoms. The molecule has 2 aromatic rings. The van der Waals surface area contributed by atoms with Crippen LogP contribution in [0.5, 0.6) is 5.75 Å². The van der Waals surface area contributed by atoms with E-state index in [1.54, 1.807) is 0 Å². The summed E-state index contributed by atoms with van der Waals surface area (Å²) in [5.74, 6) is 0.0956. The van der Waals surface area contributed by atoms with Crippen molar-refractivity contribution in [1.29, 1.82) is 0 Å². The first-order valence-electron chi connectivity index (χ1n) is 8.08. The van der Waals surface area contributed by atoms with Gasteiger partial charge in [-0.15, -0.1) is 0 Å². The Labute approximate surface area is 139 Å². The highest BCUT2D eigenvalue weighted by Gasteiger charge is 2.21. The summed E-state index contributed by atoms with van der Waals surface area (Å²) in [5.41, 5.74) is 2.86. The average molecular weight is 328 g/mol. The smallest absolute Gasteiger partial charge is 0.344 e. The van der Waals surface area contributed by atoms with Crippen LogP contribution in [0.1, 0.15) is 29.5 Å². The Kier molecular flexibility index (Phi) is 4.69. The van der Waals surface area contributed by atoms with Crippen LogP contribution in [0.4, 0.5) is 0 Å². The maximum atomic E-state index is 12.2. The summed E-state index contributed by atoms with van der Waals surface area (Å²) in [6.45, 7) is 5.35. The first-order chi connectivity index (χ1) is 11.6. The van der Waals surface area contributed by atoms with Gasteiger partial charge in [0, 0.05) is 5.56 Å². The SMILES string of the molecule is C=CCOC(=O)COc1cc(C)cc2oc(=O)c3c(c12)CCCC3. The summed E-state index contributed by atoms with van der Waals surface area (Å²) in [6, 6.07) is 3.69. The second-order valence-corrected chi connectivity index (χ2v) is 5.95. The van der Waals surface area contributed by atoms with E-state index in [0.29, 0.717) is 11.3 Å². The maximum absolute atomic E-state index is 12.2. The second-order valence-electron chi connectivity index (χ2n) is 5.95. The van der Waals surface area contributed by atoms with Crippen LogP contribution in [0, 0.1) is 6.92 Å². The van der Waals surface area contributed by atoms with Gasteiger partial charge in [0.2, 0.25) is 0 Å². The zero-order valence-electron chi connectivity index (χ0n) is 13.7. The Morgan fingerprint density at radius 3 is 2.79 bits per heavy atom. The van der Waals surface area contributed by atoms with Gasteiger partial charge in [0.05, 0.1) is 5.39 Å². The molecular formula is C19H20O5. The van der Waals surface area contributed by atoms with Crippen LogP contribution in [-0.2, 0) is 22.4 Å². The monoisotopic (exact) mass is 328 g/mol. The number of hydrogen-bond acceptors (Lipinski definition) is 5. The molecule has 1 heterocycles. The Morgan fingerprint density at radius 2 is 2.04 bits per heavy atom. The van der Waals surface area contributed by atoms with Crippen molar-refractivity contribution in [3.63, 3.8) is 0 Å². The number of carbonyl (C=O) groups excluding carboxylic acids is 1. The Morgan fingerprint density at radius 1 is 1.29 bits per heavy atom. The van der Waals surface area contributed by atoms with Gasteiger partial charge in [-0.2, -0.15) is 0 Å². The van der Waals surface area contributed by atoms with E-state index < -0.39 is 5.97 Å². The minimum absolute atomic E-state index is 0.154. The summed E-state index contributed by atoms with van der Waals surface area (Å²) < 4.78 is 16.1. The second kappa shape index (κ2) is 6.91. The average Bonchev–Trinajstić information content (AvgIpc) is 2.57. The quantitative estimate of drug-likeness (QED) is 0.479. The highest BCUT2D eigenvalue weighted by Crippen LogP contribution is 2.34. The Balaban J connectivity index is 2.02. The number of carbonyl (C=O) groups is 1. The maximum Gasteiger partial charge on any atom is 0.344 e. The third-order valence-corrected chi connectivity index (χ3v) is 4.14. The predicted molar refractivity (Wildman–Crippen MR) is 90.5 cm³/mol.